The molecule has 29 heavy (non-hydrogen) atoms. The Morgan fingerprint density at radius 3 is 2.45 bits per heavy atom. The SMILES string of the molecule is Cc1cn(CC(=O)N(CC(=O)O)CC(CO)NC(=O)OC(C)(C)C)c(=O)[nH]c1=O. The lowest BCUT2D eigenvalue weighted by Gasteiger charge is -2.27. The molecule has 0 aliphatic heterocycles. The van der Waals surface area contributed by atoms with Crippen molar-refractivity contribution in [3.05, 3.63) is 32.6 Å². The first-order valence-corrected chi connectivity index (χ1v) is 8.72. The van der Waals surface area contributed by atoms with Crippen LogP contribution in [0.1, 0.15) is 26.3 Å². The number of aliphatic hydroxyl groups excluding tert-OH is 1. The fourth-order valence-corrected chi connectivity index (χ4v) is 2.29. The van der Waals surface area contributed by atoms with Gasteiger partial charge in [-0.05, 0) is 27.7 Å². The first kappa shape index (κ1) is 23.9. The number of nitrogens with zero attached hydrogens (tertiary/aromatic N) is 2. The number of carboxylic acid groups (broad SMARTS) is 1. The molecule has 1 unspecified atom stereocenters. The van der Waals surface area contributed by atoms with Crippen molar-refractivity contribution in [1.29, 1.82) is 0 Å². The molecule has 0 aliphatic carbocycles. The van der Waals surface area contributed by atoms with Crippen LogP contribution in [0.15, 0.2) is 15.8 Å². The molecule has 0 saturated heterocycles. The number of carbonyl (C=O) groups excluding carboxylic acids is 2. The zero-order valence-electron chi connectivity index (χ0n) is 16.7. The number of aromatic amines is 1. The zero-order valence-corrected chi connectivity index (χ0v) is 16.7. The van der Waals surface area contributed by atoms with Gasteiger partial charge in [0.05, 0.1) is 12.6 Å². The normalized spacial score (nSPS) is 12.2. The molecule has 0 aromatic carbocycles. The summed E-state index contributed by atoms with van der Waals surface area (Å²) in [6.45, 7) is 4.20. The smallest absolute Gasteiger partial charge is 0.408 e. The number of rotatable bonds is 8. The van der Waals surface area contributed by atoms with Gasteiger partial charge in [0.25, 0.3) is 5.56 Å². The van der Waals surface area contributed by atoms with Crippen molar-refractivity contribution in [2.75, 3.05) is 19.7 Å². The highest BCUT2D eigenvalue weighted by molar-refractivity contribution is 5.81. The minimum Gasteiger partial charge on any atom is -0.480 e. The number of hydrogen-bond donors (Lipinski definition) is 4. The molecule has 0 fully saturated rings. The maximum atomic E-state index is 12.5. The van der Waals surface area contributed by atoms with Crippen LogP contribution in [0.3, 0.4) is 0 Å². The fourth-order valence-electron chi connectivity index (χ4n) is 2.29. The molecule has 1 aromatic rings. The quantitative estimate of drug-likeness (QED) is 0.404. The van der Waals surface area contributed by atoms with Crippen LogP contribution in [0, 0.1) is 6.92 Å². The van der Waals surface area contributed by atoms with Gasteiger partial charge >= 0.3 is 17.8 Å². The van der Waals surface area contributed by atoms with Crippen LogP contribution < -0.4 is 16.6 Å². The van der Waals surface area contributed by atoms with Crippen molar-refractivity contribution in [2.24, 2.45) is 0 Å². The molecule has 0 spiro atoms. The second-order valence-corrected chi connectivity index (χ2v) is 7.39. The molecule has 162 valence electrons. The molecule has 1 aromatic heterocycles. The lowest BCUT2D eigenvalue weighted by molar-refractivity contribution is -0.145. The Bertz CT molecular complexity index is 867. The van der Waals surface area contributed by atoms with Gasteiger partial charge in [-0.25, -0.2) is 9.59 Å². The topological polar surface area (TPSA) is 171 Å². The molecule has 1 atom stereocenters. The summed E-state index contributed by atoms with van der Waals surface area (Å²) in [5.41, 5.74) is -2.01. The molecule has 1 heterocycles. The van der Waals surface area contributed by atoms with Gasteiger partial charge in [-0.2, -0.15) is 0 Å². The van der Waals surface area contributed by atoms with Crippen LogP contribution >= 0.6 is 0 Å². The average Bonchev–Trinajstić information content (AvgIpc) is 2.56. The lowest BCUT2D eigenvalue weighted by atomic mass is 10.2. The molecule has 1 rings (SSSR count). The monoisotopic (exact) mass is 414 g/mol. The summed E-state index contributed by atoms with van der Waals surface area (Å²) >= 11 is 0. The number of aliphatic hydroxyl groups is 1. The van der Waals surface area contributed by atoms with E-state index >= 15 is 0 Å². The third-order valence-corrected chi connectivity index (χ3v) is 3.56. The second kappa shape index (κ2) is 9.87. The number of ether oxygens (including phenoxy) is 1. The summed E-state index contributed by atoms with van der Waals surface area (Å²) < 4.78 is 6.00. The minimum absolute atomic E-state index is 0.196. The standard InChI is InChI=1S/C17H26N4O8/c1-10-5-21(15(27)19-14(10)26)7-12(23)20(8-13(24)25)6-11(9-22)18-16(28)29-17(2,3)4/h5,11,22H,6-9H2,1-4H3,(H,18,28)(H,24,25)(H,19,26,27). The molecule has 0 aliphatic rings. The third-order valence-electron chi connectivity index (χ3n) is 3.56. The lowest BCUT2D eigenvalue weighted by Crippen LogP contribution is -2.51. The van der Waals surface area contributed by atoms with E-state index in [2.05, 4.69) is 5.32 Å². The third kappa shape index (κ3) is 8.17. The Morgan fingerprint density at radius 2 is 1.93 bits per heavy atom. The Morgan fingerprint density at radius 1 is 1.31 bits per heavy atom. The first-order chi connectivity index (χ1) is 13.3. The summed E-state index contributed by atoms with van der Waals surface area (Å²) in [6, 6.07) is -0.998. The van der Waals surface area contributed by atoms with Crippen LogP contribution in [0.2, 0.25) is 0 Å². The summed E-state index contributed by atoms with van der Waals surface area (Å²) in [5, 5.41) is 20.9. The van der Waals surface area contributed by atoms with E-state index in [0.29, 0.717) is 0 Å². The van der Waals surface area contributed by atoms with Crippen molar-refractivity contribution in [1.82, 2.24) is 19.8 Å². The summed E-state index contributed by atoms with van der Waals surface area (Å²) in [6.07, 6.45) is 0.340. The summed E-state index contributed by atoms with van der Waals surface area (Å²) in [4.78, 5) is 61.7. The molecule has 0 saturated carbocycles. The van der Waals surface area contributed by atoms with Crippen LogP contribution in [-0.4, -0.2) is 74.0 Å². The van der Waals surface area contributed by atoms with Crippen molar-refractivity contribution < 1.29 is 29.3 Å². The summed E-state index contributed by atoms with van der Waals surface area (Å²) in [5.74, 6) is -2.08. The Labute approximate surface area is 166 Å². The number of aliphatic carboxylic acids is 1. The van der Waals surface area contributed by atoms with E-state index in [-0.39, 0.29) is 12.1 Å². The number of nitrogens with one attached hydrogen (secondary N) is 2. The van der Waals surface area contributed by atoms with E-state index in [4.69, 9.17) is 9.84 Å². The number of aryl methyl sites for hydroxylation is 1. The van der Waals surface area contributed by atoms with Gasteiger partial charge in [-0.15, -0.1) is 0 Å². The van der Waals surface area contributed by atoms with Crippen molar-refractivity contribution >= 4 is 18.0 Å². The van der Waals surface area contributed by atoms with Crippen LogP contribution in [0.4, 0.5) is 4.79 Å². The average molecular weight is 414 g/mol. The number of amides is 2. The van der Waals surface area contributed by atoms with E-state index in [0.717, 1.165) is 9.47 Å². The number of H-pyrrole nitrogens is 1. The van der Waals surface area contributed by atoms with Gasteiger partial charge in [0, 0.05) is 18.3 Å². The Hall–Kier alpha value is -3.15. The van der Waals surface area contributed by atoms with E-state index in [9.17, 15) is 29.1 Å². The molecule has 12 nitrogen and oxygen atoms in total. The van der Waals surface area contributed by atoms with E-state index in [1.807, 2.05) is 4.98 Å². The van der Waals surface area contributed by atoms with Gasteiger partial charge in [0.15, 0.2) is 0 Å². The second-order valence-electron chi connectivity index (χ2n) is 7.39. The van der Waals surface area contributed by atoms with Crippen molar-refractivity contribution in [2.45, 2.75) is 45.9 Å². The number of alkyl carbamates (subject to hydrolysis) is 1. The number of hydrogen-bond acceptors (Lipinski definition) is 7. The molecule has 4 N–H and O–H groups in total. The highest BCUT2D eigenvalue weighted by atomic mass is 16.6. The van der Waals surface area contributed by atoms with Gasteiger partial charge in [0.1, 0.15) is 18.7 Å². The van der Waals surface area contributed by atoms with Gasteiger partial charge < -0.3 is 25.2 Å². The molecule has 12 heteroatoms. The highest BCUT2D eigenvalue weighted by Crippen LogP contribution is 2.07. The van der Waals surface area contributed by atoms with Crippen LogP contribution in [-0.2, 0) is 20.9 Å². The van der Waals surface area contributed by atoms with E-state index in [1.54, 1.807) is 20.8 Å². The Balaban J connectivity index is 2.94. The first-order valence-electron chi connectivity index (χ1n) is 8.72. The molecular weight excluding hydrogens is 388 g/mol. The zero-order chi connectivity index (χ0) is 22.4. The van der Waals surface area contributed by atoms with Crippen LogP contribution in [0.25, 0.3) is 0 Å². The van der Waals surface area contributed by atoms with Gasteiger partial charge in [-0.3, -0.25) is 23.9 Å². The van der Waals surface area contributed by atoms with E-state index in [1.165, 1.54) is 13.1 Å². The minimum atomic E-state index is -1.32. The van der Waals surface area contributed by atoms with Crippen molar-refractivity contribution in [3.8, 4) is 0 Å². The van der Waals surface area contributed by atoms with E-state index < -0.39 is 60.6 Å². The Kier molecular flexibility index (Phi) is 8.13. The van der Waals surface area contributed by atoms with Gasteiger partial charge in [0.2, 0.25) is 5.91 Å². The largest absolute Gasteiger partial charge is 0.480 e. The molecule has 2 amide bonds. The predicted octanol–water partition coefficient (Wildman–Crippen LogP) is -1.36. The predicted molar refractivity (Wildman–Crippen MR) is 101 cm³/mol. The maximum Gasteiger partial charge on any atom is 0.408 e. The number of carboxylic acids is 1. The molecular formula is C17H26N4O8. The summed E-state index contributed by atoms with van der Waals surface area (Å²) in [7, 11) is 0. The maximum absolute atomic E-state index is 12.5. The molecule has 0 radical (unpaired) electrons. The fraction of sp³-hybridized carbons (Fsp3) is 0.588. The van der Waals surface area contributed by atoms with Crippen molar-refractivity contribution in [3.63, 3.8) is 0 Å². The highest BCUT2D eigenvalue weighted by Gasteiger charge is 2.25. The molecule has 0 bridgehead atoms. The number of aromatic nitrogens is 2. The van der Waals surface area contributed by atoms with Crippen LogP contribution in [0.5, 0.6) is 0 Å². The number of carbonyl (C=O) groups is 3. The van der Waals surface area contributed by atoms with Gasteiger partial charge in [-0.1, -0.05) is 0 Å².